The van der Waals surface area contributed by atoms with E-state index in [0.29, 0.717) is 24.5 Å². The van der Waals surface area contributed by atoms with Crippen LogP contribution in [0.15, 0.2) is 18.2 Å². The summed E-state index contributed by atoms with van der Waals surface area (Å²) in [7, 11) is 1.78. The third kappa shape index (κ3) is 6.12. The molecule has 0 amide bonds. The average molecular weight is 271 g/mol. The summed E-state index contributed by atoms with van der Waals surface area (Å²) in [6.45, 7) is 5.60. The lowest BCUT2D eigenvalue weighted by atomic mass is 10.0. The van der Waals surface area contributed by atoms with E-state index in [9.17, 15) is 8.78 Å². The van der Waals surface area contributed by atoms with E-state index in [1.165, 1.54) is 12.1 Å². The van der Waals surface area contributed by atoms with Crippen molar-refractivity contribution >= 4 is 0 Å². The Kier molecular flexibility index (Phi) is 6.95. The van der Waals surface area contributed by atoms with Crippen molar-refractivity contribution in [1.29, 1.82) is 0 Å². The Bertz CT molecular complexity index is 362. The highest BCUT2D eigenvalue weighted by Gasteiger charge is 2.11. The minimum absolute atomic E-state index is 0.0933. The summed E-state index contributed by atoms with van der Waals surface area (Å²) >= 11 is 0. The number of ether oxygens (including phenoxy) is 1. The number of hydrogen-bond donors (Lipinski definition) is 1. The van der Waals surface area contributed by atoms with E-state index in [-0.39, 0.29) is 6.04 Å². The molecule has 4 heteroatoms. The first kappa shape index (κ1) is 16.1. The van der Waals surface area contributed by atoms with Crippen molar-refractivity contribution in [2.24, 2.45) is 5.92 Å². The van der Waals surface area contributed by atoms with Gasteiger partial charge >= 0.3 is 0 Å². The second kappa shape index (κ2) is 8.23. The molecule has 0 saturated carbocycles. The summed E-state index contributed by atoms with van der Waals surface area (Å²) in [6, 6.07) is 3.51. The standard InChI is InChI=1S/C15H23F2NO/c1-11(2)4-6-19-7-5-15(18-3)12-8-13(16)10-14(17)9-12/h8-11,15,18H,4-7H2,1-3H3. The molecule has 0 saturated heterocycles. The molecule has 0 aliphatic carbocycles. The first-order valence-electron chi connectivity index (χ1n) is 6.74. The van der Waals surface area contributed by atoms with Gasteiger partial charge < -0.3 is 10.1 Å². The molecule has 1 atom stereocenters. The van der Waals surface area contributed by atoms with Gasteiger partial charge in [0.2, 0.25) is 0 Å². The highest BCUT2D eigenvalue weighted by Crippen LogP contribution is 2.19. The fraction of sp³-hybridized carbons (Fsp3) is 0.600. The third-order valence-corrected chi connectivity index (χ3v) is 3.03. The summed E-state index contributed by atoms with van der Waals surface area (Å²) in [5.41, 5.74) is 0.618. The number of rotatable bonds is 8. The molecule has 1 aromatic carbocycles. The van der Waals surface area contributed by atoms with Gasteiger partial charge in [0.1, 0.15) is 11.6 Å². The Morgan fingerprint density at radius 2 is 1.63 bits per heavy atom. The fourth-order valence-corrected chi connectivity index (χ4v) is 1.88. The lowest BCUT2D eigenvalue weighted by molar-refractivity contribution is 0.115. The smallest absolute Gasteiger partial charge is 0.126 e. The molecule has 0 heterocycles. The molecule has 0 bridgehead atoms. The molecule has 1 unspecified atom stereocenters. The molecule has 1 rings (SSSR count). The van der Waals surface area contributed by atoms with Crippen LogP contribution in [0.2, 0.25) is 0 Å². The van der Waals surface area contributed by atoms with E-state index in [1.54, 1.807) is 7.05 Å². The zero-order chi connectivity index (χ0) is 14.3. The van der Waals surface area contributed by atoms with E-state index >= 15 is 0 Å². The molecule has 0 radical (unpaired) electrons. The van der Waals surface area contributed by atoms with Gasteiger partial charge in [-0.05, 0) is 43.5 Å². The molecular weight excluding hydrogens is 248 g/mol. The van der Waals surface area contributed by atoms with Crippen molar-refractivity contribution in [1.82, 2.24) is 5.32 Å². The SMILES string of the molecule is CNC(CCOCCC(C)C)c1cc(F)cc(F)c1. The highest BCUT2D eigenvalue weighted by atomic mass is 19.1. The molecule has 108 valence electrons. The van der Waals surface area contributed by atoms with Crippen LogP contribution in [0.4, 0.5) is 8.78 Å². The predicted molar refractivity (Wildman–Crippen MR) is 73.0 cm³/mol. The molecule has 0 aliphatic rings. The van der Waals surface area contributed by atoms with Crippen LogP contribution in [0.25, 0.3) is 0 Å². The maximum atomic E-state index is 13.2. The number of halogens is 2. The van der Waals surface area contributed by atoms with Crippen LogP contribution >= 0.6 is 0 Å². The highest BCUT2D eigenvalue weighted by molar-refractivity contribution is 5.21. The lowest BCUT2D eigenvalue weighted by Gasteiger charge is -2.17. The number of hydrogen-bond acceptors (Lipinski definition) is 2. The van der Waals surface area contributed by atoms with Crippen LogP contribution in [-0.2, 0) is 4.74 Å². The molecule has 1 N–H and O–H groups in total. The second-order valence-corrected chi connectivity index (χ2v) is 5.13. The van der Waals surface area contributed by atoms with Crippen molar-refractivity contribution < 1.29 is 13.5 Å². The Morgan fingerprint density at radius 1 is 1.05 bits per heavy atom. The fourth-order valence-electron chi connectivity index (χ4n) is 1.88. The predicted octanol–water partition coefficient (Wildman–Crippen LogP) is 3.68. The molecule has 1 aromatic rings. The van der Waals surface area contributed by atoms with E-state index in [0.717, 1.165) is 19.1 Å². The van der Waals surface area contributed by atoms with Gasteiger partial charge in [0, 0.05) is 25.3 Å². The quantitative estimate of drug-likeness (QED) is 0.728. The van der Waals surface area contributed by atoms with Gasteiger partial charge in [0.25, 0.3) is 0 Å². The second-order valence-electron chi connectivity index (χ2n) is 5.13. The largest absolute Gasteiger partial charge is 0.381 e. The number of benzene rings is 1. The Labute approximate surface area is 114 Å². The van der Waals surface area contributed by atoms with Gasteiger partial charge in [-0.25, -0.2) is 8.78 Å². The molecule has 0 aliphatic heterocycles. The Morgan fingerprint density at radius 3 is 2.16 bits per heavy atom. The van der Waals surface area contributed by atoms with E-state index in [1.807, 2.05) is 0 Å². The molecule has 0 spiro atoms. The van der Waals surface area contributed by atoms with Crippen LogP contribution in [-0.4, -0.2) is 20.3 Å². The van der Waals surface area contributed by atoms with Crippen molar-refractivity contribution in [3.63, 3.8) is 0 Å². The van der Waals surface area contributed by atoms with Crippen molar-refractivity contribution in [2.75, 3.05) is 20.3 Å². The maximum Gasteiger partial charge on any atom is 0.126 e. The van der Waals surface area contributed by atoms with Crippen molar-refractivity contribution in [3.05, 3.63) is 35.4 Å². The maximum absolute atomic E-state index is 13.2. The van der Waals surface area contributed by atoms with E-state index in [2.05, 4.69) is 19.2 Å². The summed E-state index contributed by atoms with van der Waals surface area (Å²) in [4.78, 5) is 0. The first-order valence-corrected chi connectivity index (χ1v) is 6.74. The molecule has 0 aromatic heterocycles. The van der Waals surface area contributed by atoms with Crippen LogP contribution < -0.4 is 5.32 Å². The van der Waals surface area contributed by atoms with E-state index < -0.39 is 11.6 Å². The first-order chi connectivity index (χ1) is 9.02. The monoisotopic (exact) mass is 271 g/mol. The zero-order valence-corrected chi connectivity index (χ0v) is 11.9. The molecule has 2 nitrogen and oxygen atoms in total. The minimum Gasteiger partial charge on any atom is -0.381 e. The third-order valence-electron chi connectivity index (χ3n) is 3.03. The van der Waals surface area contributed by atoms with Crippen LogP contribution in [0.5, 0.6) is 0 Å². The summed E-state index contributed by atoms with van der Waals surface area (Å²) < 4.78 is 31.8. The lowest BCUT2D eigenvalue weighted by Crippen LogP contribution is -2.19. The zero-order valence-electron chi connectivity index (χ0n) is 11.9. The van der Waals surface area contributed by atoms with Crippen molar-refractivity contribution in [3.8, 4) is 0 Å². The van der Waals surface area contributed by atoms with E-state index in [4.69, 9.17) is 4.74 Å². The van der Waals surface area contributed by atoms with Gasteiger partial charge in [-0.15, -0.1) is 0 Å². The Balaban J connectivity index is 2.44. The molecule has 0 fully saturated rings. The topological polar surface area (TPSA) is 21.3 Å². The molecule has 19 heavy (non-hydrogen) atoms. The summed E-state index contributed by atoms with van der Waals surface area (Å²) in [5, 5.41) is 3.06. The van der Waals surface area contributed by atoms with Gasteiger partial charge in [0.05, 0.1) is 0 Å². The average Bonchev–Trinajstić information content (AvgIpc) is 2.32. The number of nitrogens with one attached hydrogen (secondary N) is 1. The van der Waals surface area contributed by atoms with Crippen LogP contribution in [0.1, 0.15) is 38.3 Å². The normalized spacial score (nSPS) is 12.9. The van der Waals surface area contributed by atoms with Gasteiger partial charge in [0.15, 0.2) is 0 Å². The summed E-state index contributed by atoms with van der Waals surface area (Å²) in [5.74, 6) is -0.468. The van der Waals surface area contributed by atoms with Crippen molar-refractivity contribution in [2.45, 2.75) is 32.7 Å². The van der Waals surface area contributed by atoms with Crippen LogP contribution in [0.3, 0.4) is 0 Å². The molecular formula is C15H23F2NO. The Hall–Kier alpha value is -1.00. The van der Waals surface area contributed by atoms with Gasteiger partial charge in [-0.2, -0.15) is 0 Å². The van der Waals surface area contributed by atoms with Crippen LogP contribution in [0, 0.1) is 17.6 Å². The minimum atomic E-state index is -0.545. The van der Waals surface area contributed by atoms with Gasteiger partial charge in [-0.1, -0.05) is 13.8 Å². The summed E-state index contributed by atoms with van der Waals surface area (Å²) in [6.07, 6.45) is 1.72. The van der Waals surface area contributed by atoms with Gasteiger partial charge in [-0.3, -0.25) is 0 Å².